The number of hydrogen-bond donors (Lipinski definition) is 2. The van der Waals surface area contributed by atoms with Crippen LogP contribution >= 0.6 is 0 Å². The summed E-state index contributed by atoms with van der Waals surface area (Å²) < 4.78 is 15.6. The van der Waals surface area contributed by atoms with Crippen molar-refractivity contribution in [1.29, 1.82) is 0 Å². The third-order valence-electron chi connectivity index (χ3n) is 3.96. The second-order valence-corrected chi connectivity index (χ2v) is 4.91. The predicted octanol–water partition coefficient (Wildman–Crippen LogP) is -1.93. The summed E-state index contributed by atoms with van der Waals surface area (Å²) in [5, 5.41) is 5.75. The normalized spacial score (nSPS) is 41.5. The second-order valence-electron chi connectivity index (χ2n) is 4.91. The number of hydrogen-bond acceptors (Lipinski definition) is 7. The monoisotopic (exact) mass is 282 g/mol. The van der Waals surface area contributed by atoms with Crippen molar-refractivity contribution in [2.75, 3.05) is 13.2 Å². The molecule has 1 amide bonds. The van der Waals surface area contributed by atoms with Crippen molar-refractivity contribution >= 4 is 18.9 Å². The van der Waals surface area contributed by atoms with Crippen molar-refractivity contribution < 1.29 is 28.6 Å². The Balaban J connectivity index is 1.96. The molecule has 0 aromatic rings. The van der Waals surface area contributed by atoms with E-state index in [2.05, 4.69) is 10.6 Å². The van der Waals surface area contributed by atoms with Crippen molar-refractivity contribution in [3.05, 3.63) is 12.2 Å². The second kappa shape index (κ2) is 4.88. The van der Waals surface area contributed by atoms with Crippen molar-refractivity contribution in [1.82, 2.24) is 10.6 Å². The molecule has 0 aliphatic carbocycles. The van der Waals surface area contributed by atoms with Crippen LogP contribution in [0.4, 0.5) is 0 Å². The Morgan fingerprint density at radius 1 is 1.45 bits per heavy atom. The highest BCUT2D eigenvalue weighted by Gasteiger charge is 2.67. The van der Waals surface area contributed by atoms with Gasteiger partial charge in [-0.25, -0.2) is 0 Å². The quantitative estimate of drug-likeness (QED) is 0.447. The van der Waals surface area contributed by atoms with E-state index in [1.54, 1.807) is 0 Å². The summed E-state index contributed by atoms with van der Waals surface area (Å²) in [5.41, 5.74) is -1.20. The summed E-state index contributed by atoms with van der Waals surface area (Å²) in [6.45, 7) is 0.977. The minimum atomic E-state index is -1.20. The van der Waals surface area contributed by atoms with Crippen molar-refractivity contribution in [3.63, 3.8) is 0 Å². The van der Waals surface area contributed by atoms with E-state index in [9.17, 15) is 14.4 Å². The Hall–Kier alpha value is -1.93. The maximum Gasteiger partial charge on any atom is 0.295 e. The average Bonchev–Trinajstić information content (AvgIpc) is 2.91. The van der Waals surface area contributed by atoms with Crippen LogP contribution in [-0.2, 0) is 28.6 Å². The molecule has 0 bridgehead atoms. The Morgan fingerprint density at radius 3 is 3.05 bits per heavy atom. The maximum atomic E-state index is 12.2. The molecular formula is C12H14N2O6. The molecule has 3 aliphatic rings. The highest BCUT2D eigenvalue weighted by molar-refractivity contribution is 5.85. The van der Waals surface area contributed by atoms with Crippen LogP contribution in [0.1, 0.15) is 0 Å². The summed E-state index contributed by atoms with van der Waals surface area (Å²) in [7, 11) is 0. The fourth-order valence-electron chi connectivity index (χ4n) is 3.21. The fourth-order valence-corrected chi connectivity index (χ4v) is 3.21. The van der Waals surface area contributed by atoms with Crippen molar-refractivity contribution in [2.45, 2.75) is 24.0 Å². The lowest BCUT2D eigenvalue weighted by Crippen LogP contribution is -2.52. The number of nitrogens with one attached hydrogen (secondary N) is 2. The number of rotatable bonds is 5. The van der Waals surface area contributed by atoms with Crippen LogP contribution in [0.3, 0.4) is 0 Å². The van der Waals surface area contributed by atoms with Gasteiger partial charge in [0.2, 0.25) is 12.1 Å². The first-order valence-corrected chi connectivity index (χ1v) is 6.25. The zero-order valence-electron chi connectivity index (χ0n) is 10.5. The molecule has 0 aromatic heterocycles. The van der Waals surface area contributed by atoms with Crippen LogP contribution in [0, 0.1) is 5.92 Å². The van der Waals surface area contributed by atoms with Gasteiger partial charge in [-0.15, -0.1) is 0 Å². The maximum absolute atomic E-state index is 12.2. The Labute approximate surface area is 114 Å². The van der Waals surface area contributed by atoms with E-state index in [-0.39, 0.29) is 37.6 Å². The zero-order valence-corrected chi connectivity index (χ0v) is 10.5. The van der Waals surface area contributed by atoms with Crippen LogP contribution in [0.25, 0.3) is 0 Å². The van der Waals surface area contributed by atoms with E-state index >= 15 is 0 Å². The van der Waals surface area contributed by atoms with Crippen molar-refractivity contribution in [3.8, 4) is 0 Å². The summed E-state index contributed by atoms with van der Waals surface area (Å²) in [5.74, 6) is -0.885. The Kier molecular flexibility index (Phi) is 3.19. The minimum absolute atomic E-state index is 0.166. The fraction of sp³-hybridized carbons (Fsp3) is 0.583. The highest BCUT2D eigenvalue weighted by Crippen LogP contribution is 2.44. The van der Waals surface area contributed by atoms with Gasteiger partial charge in [0.05, 0.1) is 18.1 Å². The third-order valence-corrected chi connectivity index (χ3v) is 3.96. The lowest BCUT2D eigenvalue weighted by molar-refractivity contribution is -0.172. The molecule has 0 saturated carbocycles. The number of fused-ring (bicyclic) bond motifs is 3. The van der Waals surface area contributed by atoms with Crippen LogP contribution in [0.15, 0.2) is 12.2 Å². The molecule has 8 heteroatoms. The first-order valence-electron chi connectivity index (χ1n) is 6.25. The van der Waals surface area contributed by atoms with Crippen molar-refractivity contribution in [2.24, 2.45) is 5.92 Å². The first kappa shape index (κ1) is 13.1. The van der Waals surface area contributed by atoms with Gasteiger partial charge in [0.25, 0.3) is 12.9 Å². The molecule has 2 N–H and O–H groups in total. The van der Waals surface area contributed by atoms with E-state index in [1.807, 2.05) is 12.2 Å². The molecule has 0 spiro atoms. The molecular weight excluding hydrogens is 268 g/mol. The smallest absolute Gasteiger partial charge is 0.295 e. The van der Waals surface area contributed by atoms with E-state index in [0.29, 0.717) is 6.54 Å². The molecule has 108 valence electrons. The molecule has 0 radical (unpaired) electrons. The van der Waals surface area contributed by atoms with Gasteiger partial charge in [-0.3, -0.25) is 14.4 Å². The molecule has 3 rings (SSSR count). The zero-order chi connectivity index (χ0) is 14.2. The molecule has 5 atom stereocenters. The molecule has 8 nitrogen and oxygen atoms in total. The number of ether oxygens (including phenoxy) is 3. The summed E-state index contributed by atoms with van der Waals surface area (Å²) in [4.78, 5) is 33.3. The Morgan fingerprint density at radius 2 is 2.30 bits per heavy atom. The topological polar surface area (TPSA) is 103 Å². The third kappa shape index (κ3) is 1.72. The van der Waals surface area contributed by atoms with Crippen LogP contribution in [0.2, 0.25) is 0 Å². The van der Waals surface area contributed by atoms with E-state index in [1.165, 1.54) is 0 Å². The molecule has 2 saturated heterocycles. The summed E-state index contributed by atoms with van der Waals surface area (Å²) in [6.07, 6.45) is 2.45. The predicted molar refractivity (Wildman–Crippen MR) is 63.1 cm³/mol. The van der Waals surface area contributed by atoms with Gasteiger partial charge in [0.15, 0.2) is 5.60 Å². The van der Waals surface area contributed by atoms with Gasteiger partial charge in [-0.1, -0.05) is 12.2 Å². The van der Waals surface area contributed by atoms with Crippen LogP contribution in [-0.4, -0.2) is 56.0 Å². The average molecular weight is 282 g/mol. The van der Waals surface area contributed by atoms with Gasteiger partial charge in [-0.2, -0.15) is 0 Å². The number of carbonyl (C=O) groups is 3. The lowest BCUT2D eigenvalue weighted by Gasteiger charge is -2.30. The van der Waals surface area contributed by atoms with Gasteiger partial charge < -0.3 is 24.8 Å². The highest BCUT2D eigenvalue weighted by atomic mass is 16.6. The molecule has 3 aliphatic heterocycles. The van der Waals surface area contributed by atoms with Gasteiger partial charge in [0, 0.05) is 6.54 Å². The summed E-state index contributed by atoms with van der Waals surface area (Å²) in [6, 6.07) is -0.240. The largest absolute Gasteiger partial charge is 0.465 e. The summed E-state index contributed by atoms with van der Waals surface area (Å²) >= 11 is 0. The molecule has 0 aromatic carbocycles. The lowest BCUT2D eigenvalue weighted by atomic mass is 9.84. The SMILES string of the molecule is O=COC[C@@]12O[C@H]3C=CCN[C@H]3C1C(=O)N[C@H]2OC=O. The van der Waals surface area contributed by atoms with E-state index in [0.717, 1.165) is 0 Å². The first-order chi connectivity index (χ1) is 9.73. The number of amides is 1. The van der Waals surface area contributed by atoms with Gasteiger partial charge in [-0.05, 0) is 0 Å². The van der Waals surface area contributed by atoms with Gasteiger partial charge in [0.1, 0.15) is 6.61 Å². The molecule has 20 heavy (non-hydrogen) atoms. The van der Waals surface area contributed by atoms with Crippen LogP contribution < -0.4 is 10.6 Å². The molecule has 2 fully saturated rings. The molecule has 3 heterocycles. The molecule has 1 unspecified atom stereocenters. The van der Waals surface area contributed by atoms with Gasteiger partial charge >= 0.3 is 0 Å². The van der Waals surface area contributed by atoms with E-state index < -0.39 is 17.7 Å². The minimum Gasteiger partial charge on any atom is -0.465 e. The number of carbonyl (C=O) groups excluding carboxylic acids is 3. The standard InChI is InChI=1S/C12H14N2O6/c15-5-18-4-12-8(10(17)14-11(12)19-6-16)9-7(20-12)2-1-3-13-9/h1-2,5-9,11,13H,3-4H2,(H,14,17)/t7-,8?,9+,11-,12+/m0/s1. The van der Waals surface area contributed by atoms with Crippen LogP contribution in [0.5, 0.6) is 0 Å². The Bertz CT molecular complexity index is 467. The van der Waals surface area contributed by atoms with E-state index in [4.69, 9.17) is 14.2 Å².